The number of benzene rings is 1. The lowest BCUT2D eigenvalue weighted by atomic mass is 10.1. The summed E-state index contributed by atoms with van der Waals surface area (Å²) in [7, 11) is 3.93. The van der Waals surface area contributed by atoms with Crippen LogP contribution in [0.4, 0.5) is 0 Å². The van der Waals surface area contributed by atoms with E-state index in [-0.39, 0.29) is 0 Å². The van der Waals surface area contributed by atoms with Crippen molar-refractivity contribution in [3.8, 4) is 5.75 Å². The van der Waals surface area contributed by atoms with E-state index in [1.807, 2.05) is 28.0 Å². The van der Waals surface area contributed by atoms with Gasteiger partial charge in [0, 0.05) is 12.8 Å². The van der Waals surface area contributed by atoms with E-state index in [2.05, 4.69) is 29.3 Å². The fourth-order valence-corrected chi connectivity index (χ4v) is 4.95. The second kappa shape index (κ2) is 6.03. The first-order valence-corrected chi connectivity index (χ1v) is 9.61. The predicted molar refractivity (Wildman–Crippen MR) is 101 cm³/mol. The van der Waals surface area contributed by atoms with Crippen LogP contribution in [0, 0.1) is 0 Å². The Labute approximate surface area is 155 Å². The van der Waals surface area contributed by atoms with Crippen molar-refractivity contribution in [2.75, 3.05) is 20.7 Å². The molecular formula is C19H20N5OS+. The number of rotatable bonds is 3. The molecule has 1 unspecified atom stereocenters. The van der Waals surface area contributed by atoms with Crippen LogP contribution in [0.15, 0.2) is 30.6 Å². The van der Waals surface area contributed by atoms with Crippen molar-refractivity contribution in [1.29, 1.82) is 0 Å². The van der Waals surface area contributed by atoms with Crippen molar-refractivity contribution in [3.63, 3.8) is 0 Å². The molecule has 4 heterocycles. The Morgan fingerprint density at radius 2 is 2.12 bits per heavy atom. The van der Waals surface area contributed by atoms with Crippen LogP contribution in [0.5, 0.6) is 5.75 Å². The van der Waals surface area contributed by atoms with E-state index in [1.165, 1.54) is 21.4 Å². The highest BCUT2D eigenvalue weighted by molar-refractivity contribution is 7.19. The molecule has 1 aliphatic rings. The van der Waals surface area contributed by atoms with Crippen LogP contribution in [-0.4, -0.2) is 40.3 Å². The molecule has 1 aromatic carbocycles. The third-order valence-electron chi connectivity index (χ3n) is 5.04. The quantitative estimate of drug-likeness (QED) is 0.597. The minimum Gasteiger partial charge on any atom is -0.497 e. The Hall–Kier alpha value is -2.51. The molecule has 1 aliphatic heterocycles. The number of nitrogens with zero attached hydrogens (tertiary/aromatic N) is 4. The minimum atomic E-state index is 0.701. The van der Waals surface area contributed by atoms with Crippen LogP contribution >= 0.6 is 11.3 Å². The maximum absolute atomic E-state index is 5.22. The molecule has 0 aliphatic carbocycles. The number of ether oxygens (including phenoxy) is 1. The molecule has 0 bridgehead atoms. The molecule has 1 atom stereocenters. The van der Waals surface area contributed by atoms with Gasteiger partial charge in [-0.25, -0.2) is 14.5 Å². The zero-order chi connectivity index (χ0) is 17.7. The first kappa shape index (κ1) is 15.7. The maximum Gasteiger partial charge on any atom is 0.167 e. The van der Waals surface area contributed by atoms with E-state index >= 15 is 0 Å². The Kier molecular flexibility index (Phi) is 3.65. The molecular weight excluding hydrogens is 346 g/mol. The molecule has 26 heavy (non-hydrogen) atoms. The number of methoxy groups -OCH3 is 1. The summed E-state index contributed by atoms with van der Waals surface area (Å²) in [5, 5.41) is 5.86. The van der Waals surface area contributed by atoms with E-state index in [9.17, 15) is 0 Å². The van der Waals surface area contributed by atoms with Gasteiger partial charge < -0.3 is 9.64 Å². The average molecular weight is 366 g/mol. The van der Waals surface area contributed by atoms with Gasteiger partial charge in [-0.3, -0.25) is 0 Å². The summed E-state index contributed by atoms with van der Waals surface area (Å²) < 4.78 is 7.06. The summed E-state index contributed by atoms with van der Waals surface area (Å²) in [5.74, 6) is 1.68. The highest BCUT2D eigenvalue weighted by atomic mass is 32.1. The third kappa shape index (κ3) is 2.55. The van der Waals surface area contributed by atoms with Gasteiger partial charge >= 0.3 is 0 Å². The Morgan fingerprint density at radius 3 is 2.92 bits per heavy atom. The number of likely N-dealkylation sites (N-methyl/N-ethyl adjacent to an activating group) is 1. The highest BCUT2D eigenvalue weighted by Crippen LogP contribution is 2.33. The Balaban J connectivity index is 1.57. The van der Waals surface area contributed by atoms with Gasteiger partial charge in [-0.05, 0) is 23.3 Å². The monoisotopic (exact) mass is 366 g/mol. The van der Waals surface area contributed by atoms with Crippen molar-refractivity contribution in [2.45, 2.75) is 19.4 Å². The van der Waals surface area contributed by atoms with Gasteiger partial charge in [0.25, 0.3) is 0 Å². The number of nitrogens with one attached hydrogen (secondary N) is 1. The van der Waals surface area contributed by atoms with E-state index in [0.717, 1.165) is 41.6 Å². The van der Waals surface area contributed by atoms with Gasteiger partial charge in [0.15, 0.2) is 11.5 Å². The fraction of sp³-hybridized carbons (Fsp3) is 0.316. The van der Waals surface area contributed by atoms with E-state index in [4.69, 9.17) is 9.72 Å². The van der Waals surface area contributed by atoms with Gasteiger partial charge in [-0.15, -0.1) is 16.4 Å². The zero-order valence-electron chi connectivity index (χ0n) is 14.8. The maximum atomic E-state index is 5.22. The molecule has 1 N–H and O–H groups in total. The summed E-state index contributed by atoms with van der Waals surface area (Å²) in [6, 6.07) is 8.06. The van der Waals surface area contributed by atoms with E-state index < -0.39 is 0 Å². The van der Waals surface area contributed by atoms with Gasteiger partial charge in [0.2, 0.25) is 0 Å². The summed E-state index contributed by atoms with van der Waals surface area (Å²) in [4.78, 5) is 13.6. The molecule has 0 fully saturated rings. The lowest BCUT2D eigenvalue weighted by Crippen LogP contribution is -3.08. The van der Waals surface area contributed by atoms with Gasteiger partial charge in [-0.2, -0.15) is 0 Å². The molecule has 6 nitrogen and oxygen atoms in total. The second-order valence-electron chi connectivity index (χ2n) is 6.88. The molecule has 4 aromatic rings. The minimum absolute atomic E-state index is 0.701. The molecule has 0 saturated carbocycles. The molecule has 0 spiro atoms. The number of quaternary nitrogens is 1. The van der Waals surface area contributed by atoms with Gasteiger partial charge in [-0.1, -0.05) is 12.1 Å². The lowest BCUT2D eigenvalue weighted by Gasteiger charge is -2.19. The van der Waals surface area contributed by atoms with Crippen LogP contribution in [0.3, 0.4) is 0 Å². The summed E-state index contributed by atoms with van der Waals surface area (Å²) in [6.07, 6.45) is 3.58. The number of fused-ring (bicyclic) bond motifs is 5. The Morgan fingerprint density at radius 1 is 1.27 bits per heavy atom. The normalized spacial score (nSPS) is 16.9. The molecule has 3 aromatic heterocycles. The highest BCUT2D eigenvalue weighted by Gasteiger charge is 2.24. The van der Waals surface area contributed by atoms with Gasteiger partial charge in [0.05, 0.1) is 31.0 Å². The molecule has 5 rings (SSSR count). The van der Waals surface area contributed by atoms with E-state index in [0.29, 0.717) is 6.42 Å². The summed E-state index contributed by atoms with van der Waals surface area (Å²) in [5.41, 5.74) is 3.54. The van der Waals surface area contributed by atoms with Crippen molar-refractivity contribution in [2.24, 2.45) is 0 Å². The number of hydrogen-bond donors (Lipinski definition) is 1. The van der Waals surface area contributed by atoms with Crippen LogP contribution in [0.2, 0.25) is 0 Å². The largest absolute Gasteiger partial charge is 0.497 e. The molecule has 7 heteroatoms. The molecule has 0 radical (unpaired) electrons. The van der Waals surface area contributed by atoms with Gasteiger partial charge in [0.1, 0.15) is 23.5 Å². The number of thiophene rings is 1. The number of aromatic nitrogens is 4. The van der Waals surface area contributed by atoms with Crippen LogP contribution in [-0.2, 0) is 19.4 Å². The van der Waals surface area contributed by atoms with Crippen LogP contribution in [0.1, 0.15) is 21.8 Å². The van der Waals surface area contributed by atoms with Crippen molar-refractivity contribution < 1.29 is 9.64 Å². The zero-order valence-corrected chi connectivity index (χ0v) is 15.6. The van der Waals surface area contributed by atoms with E-state index in [1.54, 1.807) is 18.3 Å². The Bertz CT molecular complexity index is 1100. The topological polar surface area (TPSA) is 56.8 Å². The fourth-order valence-electron chi connectivity index (χ4n) is 3.65. The van der Waals surface area contributed by atoms with Crippen LogP contribution in [0.25, 0.3) is 15.9 Å². The SMILES string of the molecule is COc1ccc(Cc2nc3c4c5c(sc4ncn3n2)C[NH+](C)CC5)cc1. The summed E-state index contributed by atoms with van der Waals surface area (Å²) >= 11 is 1.81. The predicted octanol–water partition coefficient (Wildman–Crippen LogP) is 1.51. The molecule has 0 saturated heterocycles. The second-order valence-corrected chi connectivity index (χ2v) is 7.97. The van der Waals surface area contributed by atoms with Crippen molar-refractivity contribution in [3.05, 3.63) is 52.4 Å². The first-order valence-electron chi connectivity index (χ1n) is 8.80. The average Bonchev–Trinajstić information content (AvgIpc) is 3.21. The molecule has 132 valence electrons. The lowest BCUT2D eigenvalue weighted by molar-refractivity contribution is -0.895. The van der Waals surface area contributed by atoms with Crippen LogP contribution < -0.4 is 9.64 Å². The third-order valence-corrected chi connectivity index (χ3v) is 6.18. The smallest absolute Gasteiger partial charge is 0.167 e. The standard InChI is InChI=1S/C19H19N5OS/c1-23-8-7-14-15(10-23)26-19-17(14)18-21-16(22-24(18)11-20-19)9-12-3-5-13(25-2)6-4-12/h3-6,11H,7-10H2,1-2H3/p+1. The summed E-state index contributed by atoms with van der Waals surface area (Å²) in [6.45, 7) is 2.24. The number of hydrogen-bond acceptors (Lipinski definition) is 5. The molecule has 0 amide bonds. The van der Waals surface area contributed by atoms with Crippen molar-refractivity contribution >= 4 is 27.2 Å². The van der Waals surface area contributed by atoms with Crippen molar-refractivity contribution in [1.82, 2.24) is 19.6 Å². The first-order chi connectivity index (χ1) is 12.7.